The lowest BCUT2D eigenvalue weighted by Gasteiger charge is -2.25. The summed E-state index contributed by atoms with van der Waals surface area (Å²) in [5.41, 5.74) is 0. The number of carbonyl (C=O) groups excluding carboxylic acids is 3. The van der Waals surface area contributed by atoms with E-state index in [1.165, 1.54) is 6.08 Å². The molecule has 2 rings (SSSR count). The molecule has 6 nitrogen and oxygen atoms in total. The number of rotatable bonds is 3. The molecule has 0 aromatic heterocycles. The second-order valence-corrected chi connectivity index (χ2v) is 5.04. The Morgan fingerprint density at radius 3 is 2.90 bits per heavy atom. The SMILES string of the molecule is O=CN[C@H]1CCCCN(C(=O)NC2CC=CC=C2F)C1=O. The number of hydrogen-bond donors (Lipinski definition) is 2. The second-order valence-electron chi connectivity index (χ2n) is 5.04. The fourth-order valence-electron chi connectivity index (χ4n) is 2.44. The minimum absolute atomic E-state index is 0.273. The molecule has 1 saturated heterocycles. The highest BCUT2D eigenvalue weighted by atomic mass is 19.1. The Kier molecular flexibility index (Phi) is 5.08. The second kappa shape index (κ2) is 7.01. The molecule has 21 heavy (non-hydrogen) atoms. The van der Waals surface area contributed by atoms with E-state index in [0.29, 0.717) is 25.7 Å². The van der Waals surface area contributed by atoms with E-state index in [0.717, 1.165) is 11.3 Å². The minimum atomic E-state index is -0.740. The summed E-state index contributed by atoms with van der Waals surface area (Å²) >= 11 is 0. The number of amides is 4. The quantitative estimate of drug-likeness (QED) is 0.763. The van der Waals surface area contributed by atoms with Crippen LogP contribution in [-0.4, -0.2) is 41.9 Å². The van der Waals surface area contributed by atoms with Gasteiger partial charge < -0.3 is 10.6 Å². The summed E-state index contributed by atoms with van der Waals surface area (Å²) < 4.78 is 13.6. The molecule has 1 aliphatic carbocycles. The molecule has 0 spiro atoms. The Morgan fingerprint density at radius 1 is 1.38 bits per heavy atom. The van der Waals surface area contributed by atoms with Crippen molar-refractivity contribution in [1.29, 1.82) is 0 Å². The molecule has 0 radical (unpaired) electrons. The Balaban J connectivity index is 2.02. The van der Waals surface area contributed by atoms with Crippen molar-refractivity contribution < 1.29 is 18.8 Å². The van der Waals surface area contributed by atoms with Crippen LogP contribution in [0.3, 0.4) is 0 Å². The van der Waals surface area contributed by atoms with Crippen LogP contribution in [0.15, 0.2) is 24.1 Å². The standard InChI is InChI=1S/C14H18FN3O3/c15-10-5-1-2-6-11(10)17-14(21)18-8-4-3-7-12(13(18)20)16-9-19/h1-2,5,9,11-12H,3-4,6-8H2,(H,16,19)(H,17,21)/t11?,12-/m0/s1. The largest absolute Gasteiger partial charge is 0.347 e. The summed E-state index contributed by atoms with van der Waals surface area (Å²) in [6.45, 7) is 0.273. The molecule has 2 aliphatic rings. The third-order valence-electron chi connectivity index (χ3n) is 3.60. The molecule has 1 aliphatic heterocycles. The number of imide groups is 1. The maximum Gasteiger partial charge on any atom is 0.324 e. The van der Waals surface area contributed by atoms with Gasteiger partial charge in [-0.05, 0) is 31.8 Å². The van der Waals surface area contributed by atoms with Crippen molar-refractivity contribution in [2.24, 2.45) is 0 Å². The molecule has 0 saturated carbocycles. The highest BCUT2D eigenvalue weighted by Crippen LogP contribution is 2.16. The molecule has 0 aromatic rings. The van der Waals surface area contributed by atoms with Gasteiger partial charge in [-0.2, -0.15) is 0 Å². The molecule has 2 atom stereocenters. The molecule has 0 aromatic carbocycles. The molecule has 1 unspecified atom stereocenters. The topological polar surface area (TPSA) is 78.5 Å². The van der Waals surface area contributed by atoms with Crippen LogP contribution in [0.4, 0.5) is 9.18 Å². The summed E-state index contributed by atoms with van der Waals surface area (Å²) in [7, 11) is 0. The van der Waals surface area contributed by atoms with Gasteiger partial charge in [-0.3, -0.25) is 14.5 Å². The van der Waals surface area contributed by atoms with Crippen molar-refractivity contribution >= 4 is 18.3 Å². The lowest BCUT2D eigenvalue weighted by molar-refractivity contribution is -0.131. The van der Waals surface area contributed by atoms with E-state index in [1.54, 1.807) is 12.2 Å². The number of carbonyl (C=O) groups is 3. The summed E-state index contributed by atoms with van der Waals surface area (Å²) in [4.78, 5) is 36.0. The number of hydrogen-bond acceptors (Lipinski definition) is 3. The zero-order chi connectivity index (χ0) is 15.2. The van der Waals surface area contributed by atoms with E-state index < -0.39 is 29.8 Å². The first kappa shape index (κ1) is 15.2. The molecule has 1 fully saturated rings. The molecular formula is C14H18FN3O3. The van der Waals surface area contributed by atoms with Gasteiger partial charge in [0.25, 0.3) is 5.91 Å². The van der Waals surface area contributed by atoms with Gasteiger partial charge in [0.1, 0.15) is 11.9 Å². The third-order valence-corrected chi connectivity index (χ3v) is 3.60. The average Bonchev–Trinajstić information content (AvgIpc) is 2.65. The van der Waals surface area contributed by atoms with E-state index in [4.69, 9.17) is 0 Å². The van der Waals surface area contributed by atoms with Crippen molar-refractivity contribution in [3.63, 3.8) is 0 Å². The maximum absolute atomic E-state index is 13.6. The van der Waals surface area contributed by atoms with E-state index in [2.05, 4.69) is 10.6 Å². The van der Waals surface area contributed by atoms with Crippen LogP contribution >= 0.6 is 0 Å². The third kappa shape index (κ3) is 3.68. The fourth-order valence-corrected chi connectivity index (χ4v) is 2.44. The normalized spacial score (nSPS) is 25.9. The predicted molar refractivity (Wildman–Crippen MR) is 73.8 cm³/mol. The van der Waals surface area contributed by atoms with E-state index in [9.17, 15) is 18.8 Å². The number of likely N-dealkylation sites (tertiary alicyclic amines) is 1. The number of urea groups is 1. The van der Waals surface area contributed by atoms with Gasteiger partial charge >= 0.3 is 6.03 Å². The van der Waals surface area contributed by atoms with Crippen LogP contribution in [0.1, 0.15) is 25.7 Å². The molecule has 0 bridgehead atoms. The van der Waals surface area contributed by atoms with Gasteiger partial charge in [0.05, 0.1) is 6.04 Å². The van der Waals surface area contributed by atoms with E-state index >= 15 is 0 Å². The zero-order valence-corrected chi connectivity index (χ0v) is 11.5. The summed E-state index contributed by atoms with van der Waals surface area (Å²) in [6.07, 6.45) is 7.33. The molecule has 114 valence electrons. The lowest BCUT2D eigenvalue weighted by Crippen LogP contribution is -2.52. The van der Waals surface area contributed by atoms with Gasteiger partial charge in [0.2, 0.25) is 6.41 Å². The molecule has 4 amide bonds. The van der Waals surface area contributed by atoms with Gasteiger partial charge in [-0.1, -0.05) is 12.2 Å². The maximum atomic E-state index is 13.6. The fraction of sp³-hybridized carbons (Fsp3) is 0.500. The van der Waals surface area contributed by atoms with Crippen LogP contribution in [0, 0.1) is 0 Å². The Morgan fingerprint density at radius 2 is 2.19 bits per heavy atom. The summed E-state index contributed by atoms with van der Waals surface area (Å²) in [6, 6.07) is -2.05. The summed E-state index contributed by atoms with van der Waals surface area (Å²) in [5, 5.41) is 4.94. The van der Waals surface area contributed by atoms with Crippen LogP contribution in [0.5, 0.6) is 0 Å². The van der Waals surface area contributed by atoms with Gasteiger partial charge in [0.15, 0.2) is 0 Å². The van der Waals surface area contributed by atoms with Crippen molar-refractivity contribution in [3.8, 4) is 0 Å². The molecular weight excluding hydrogens is 277 g/mol. The van der Waals surface area contributed by atoms with Crippen molar-refractivity contribution in [1.82, 2.24) is 15.5 Å². The van der Waals surface area contributed by atoms with Crippen molar-refractivity contribution in [2.45, 2.75) is 37.8 Å². The average molecular weight is 295 g/mol. The Hall–Kier alpha value is -2.18. The summed E-state index contributed by atoms with van der Waals surface area (Å²) in [5.74, 6) is -0.886. The van der Waals surface area contributed by atoms with Gasteiger partial charge in [-0.15, -0.1) is 0 Å². The lowest BCUT2D eigenvalue weighted by atomic mass is 10.1. The van der Waals surface area contributed by atoms with Gasteiger partial charge in [-0.25, -0.2) is 9.18 Å². The monoisotopic (exact) mass is 295 g/mol. The van der Waals surface area contributed by atoms with Crippen molar-refractivity contribution in [2.75, 3.05) is 6.54 Å². The number of allylic oxidation sites excluding steroid dienone is 2. The predicted octanol–water partition coefficient (Wildman–Crippen LogP) is 1.00. The van der Waals surface area contributed by atoms with Crippen molar-refractivity contribution in [3.05, 3.63) is 24.1 Å². The molecule has 2 N–H and O–H groups in total. The van der Waals surface area contributed by atoms with Crippen LogP contribution < -0.4 is 10.6 Å². The Bertz CT molecular complexity index is 490. The van der Waals surface area contributed by atoms with E-state index in [1.807, 2.05) is 0 Å². The highest BCUT2D eigenvalue weighted by Gasteiger charge is 2.32. The van der Waals surface area contributed by atoms with Gasteiger partial charge in [0, 0.05) is 6.54 Å². The van der Waals surface area contributed by atoms with Crippen LogP contribution in [0.25, 0.3) is 0 Å². The Labute approximate surface area is 122 Å². The van der Waals surface area contributed by atoms with Crippen LogP contribution in [-0.2, 0) is 9.59 Å². The highest BCUT2D eigenvalue weighted by molar-refractivity contribution is 5.98. The first-order valence-corrected chi connectivity index (χ1v) is 6.97. The zero-order valence-electron chi connectivity index (χ0n) is 11.5. The molecule has 1 heterocycles. The number of nitrogens with zero attached hydrogens (tertiary/aromatic N) is 1. The van der Waals surface area contributed by atoms with E-state index in [-0.39, 0.29) is 6.54 Å². The minimum Gasteiger partial charge on any atom is -0.347 e. The number of nitrogens with one attached hydrogen (secondary N) is 2. The smallest absolute Gasteiger partial charge is 0.324 e. The first-order valence-electron chi connectivity index (χ1n) is 6.97. The molecule has 7 heteroatoms. The van der Waals surface area contributed by atoms with Crippen LogP contribution in [0.2, 0.25) is 0 Å². The first-order chi connectivity index (χ1) is 10.1. The number of halogens is 1.